The van der Waals surface area contributed by atoms with Crippen LogP contribution in [0, 0.1) is 0 Å². The lowest BCUT2D eigenvalue weighted by molar-refractivity contribution is -0.0441. The van der Waals surface area contributed by atoms with E-state index in [0.717, 1.165) is 51.4 Å². The lowest BCUT2D eigenvalue weighted by Gasteiger charge is -2.17. The van der Waals surface area contributed by atoms with Crippen LogP contribution in [0.3, 0.4) is 0 Å². The van der Waals surface area contributed by atoms with Crippen molar-refractivity contribution in [3.05, 3.63) is 0 Å². The van der Waals surface area contributed by atoms with Gasteiger partial charge in [-0.1, -0.05) is 77.9 Å². The van der Waals surface area contributed by atoms with Crippen molar-refractivity contribution >= 4 is 16.9 Å². The Morgan fingerprint density at radius 2 is 1.29 bits per heavy atom. The molecule has 0 saturated heterocycles. The maximum atomic E-state index is 12.4. The number of unbranched alkanes of at least 4 members (excludes halogenated alkanes) is 6. The van der Waals surface area contributed by atoms with Crippen LogP contribution in [0.2, 0.25) is 12.6 Å². The molecule has 0 aromatic carbocycles. The molecule has 0 aromatic rings. The van der Waals surface area contributed by atoms with Gasteiger partial charge in [0.05, 0.1) is 0 Å². The third-order valence-corrected chi connectivity index (χ3v) is 4.69. The topological polar surface area (TPSA) is 46.2 Å². The largest absolute Gasteiger partial charge is 0.510 e. The van der Waals surface area contributed by atoms with Gasteiger partial charge < -0.3 is 0 Å². The summed E-state index contributed by atoms with van der Waals surface area (Å²) in [5.74, 6) is 0. The number of hydrogen-bond donors (Lipinski definition) is 1. The lowest BCUT2D eigenvalue weighted by atomic mass is 9.56. The highest BCUT2D eigenvalue weighted by atomic mass is 32.2. The van der Waals surface area contributed by atoms with E-state index in [0.29, 0.717) is 12.6 Å². The maximum absolute atomic E-state index is 12.4. The molecule has 8 heteroatoms. The third kappa shape index (κ3) is 9.40. The number of halogens is 3. The minimum atomic E-state index is -5.23. The van der Waals surface area contributed by atoms with Crippen molar-refractivity contribution in [2.75, 3.05) is 0 Å². The van der Waals surface area contributed by atoms with Crippen LogP contribution >= 0.6 is 0 Å². The average molecular weight is 329 g/mol. The summed E-state index contributed by atoms with van der Waals surface area (Å²) in [5, 5.41) is 0. The molecule has 0 amide bonds. The normalized spacial score (nSPS) is 12.6. The fraction of sp³-hybridized carbons (Fsp3) is 1.00. The van der Waals surface area contributed by atoms with Crippen LogP contribution in [-0.4, -0.2) is 20.8 Å². The van der Waals surface area contributed by atoms with Crippen LogP contribution in [0.15, 0.2) is 0 Å². The van der Waals surface area contributed by atoms with Crippen molar-refractivity contribution in [3.63, 3.8) is 0 Å². The Balaban J connectivity index is 4.42. The first kappa shape index (κ1) is 20.8. The number of nitrogens with one attached hydrogen (secondary N) is 1. The van der Waals surface area contributed by atoms with E-state index in [4.69, 9.17) is 0 Å². The van der Waals surface area contributed by atoms with Crippen LogP contribution in [-0.2, 0) is 10.0 Å². The zero-order valence-corrected chi connectivity index (χ0v) is 13.8. The van der Waals surface area contributed by atoms with Gasteiger partial charge in [0, 0.05) is 0 Å². The molecule has 0 saturated carbocycles. The van der Waals surface area contributed by atoms with E-state index in [1.165, 1.54) is 0 Å². The Morgan fingerprint density at radius 1 is 0.857 bits per heavy atom. The highest BCUT2D eigenvalue weighted by Crippen LogP contribution is 2.23. The zero-order chi connectivity index (χ0) is 16.4. The van der Waals surface area contributed by atoms with E-state index in [2.05, 4.69) is 13.8 Å². The predicted octanol–water partition coefficient (Wildman–Crippen LogP) is 4.58. The summed E-state index contributed by atoms with van der Waals surface area (Å²) in [6.45, 7) is 3.49. The average Bonchev–Trinajstić information content (AvgIpc) is 2.37. The molecule has 0 bridgehead atoms. The van der Waals surface area contributed by atoms with Gasteiger partial charge in [0.25, 0.3) is 0 Å². The summed E-state index contributed by atoms with van der Waals surface area (Å²) in [6.07, 6.45) is 8.43. The van der Waals surface area contributed by atoms with E-state index in [1.807, 2.05) is 4.63 Å². The fourth-order valence-corrected chi connectivity index (χ4v) is 2.99. The smallest absolute Gasteiger partial charge is 0.247 e. The van der Waals surface area contributed by atoms with Gasteiger partial charge in [-0.05, 0) is 0 Å². The SMILES string of the molecule is CCCCCCB(CCCCCC)NS(=O)(=O)C(F)(F)F. The van der Waals surface area contributed by atoms with Crippen LogP contribution < -0.4 is 4.63 Å². The highest BCUT2D eigenvalue weighted by molar-refractivity contribution is 7.91. The zero-order valence-electron chi connectivity index (χ0n) is 13.0. The lowest BCUT2D eigenvalue weighted by Crippen LogP contribution is -2.45. The fourth-order valence-electron chi connectivity index (χ4n) is 2.18. The monoisotopic (exact) mass is 329 g/mol. The van der Waals surface area contributed by atoms with Crippen molar-refractivity contribution in [1.82, 2.24) is 4.63 Å². The van der Waals surface area contributed by atoms with E-state index in [-0.39, 0.29) is 0 Å². The molecular weight excluding hydrogens is 302 g/mol. The molecular formula is C13H27BF3NO2S. The number of alkyl halides is 3. The first-order valence-corrected chi connectivity index (χ1v) is 9.31. The molecule has 0 heterocycles. The first-order chi connectivity index (χ1) is 9.74. The molecule has 0 aliphatic heterocycles. The summed E-state index contributed by atoms with van der Waals surface area (Å²) in [7, 11) is -5.23. The molecule has 0 unspecified atom stereocenters. The Labute approximate surface area is 127 Å². The third-order valence-electron chi connectivity index (χ3n) is 3.44. The molecule has 1 N–H and O–H groups in total. The standard InChI is InChI=1S/C13H27BF3NO2S/c1-3-5-7-9-11-14(12-10-8-6-4-2)18-21(19,20)13(15,16)17/h18H,3-12H2,1-2H3. The minimum Gasteiger partial charge on any atom is -0.247 e. The van der Waals surface area contributed by atoms with Crippen LogP contribution in [0.25, 0.3) is 0 Å². The molecule has 21 heavy (non-hydrogen) atoms. The molecule has 0 radical (unpaired) electrons. The molecule has 3 nitrogen and oxygen atoms in total. The number of sulfonamides is 1. The Morgan fingerprint density at radius 3 is 1.62 bits per heavy atom. The van der Waals surface area contributed by atoms with Gasteiger partial charge in [-0.2, -0.15) is 13.2 Å². The summed E-state index contributed by atoms with van der Waals surface area (Å²) < 4.78 is 61.5. The van der Waals surface area contributed by atoms with Crippen molar-refractivity contribution in [1.29, 1.82) is 0 Å². The van der Waals surface area contributed by atoms with Crippen molar-refractivity contribution in [2.24, 2.45) is 0 Å². The minimum absolute atomic E-state index is 0.474. The molecule has 0 aliphatic rings. The molecule has 0 aromatic heterocycles. The molecule has 0 spiro atoms. The highest BCUT2D eigenvalue weighted by Gasteiger charge is 2.46. The van der Waals surface area contributed by atoms with Gasteiger partial charge in [0.15, 0.2) is 0 Å². The number of hydrogen-bond acceptors (Lipinski definition) is 2. The van der Waals surface area contributed by atoms with Crippen LogP contribution in [0.5, 0.6) is 0 Å². The van der Waals surface area contributed by atoms with Gasteiger partial charge in [-0.15, -0.1) is 0 Å². The predicted molar refractivity (Wildman–Crippen MR) is 81.8 cm³/mol. The summed E-state index contributed by atoms with van der Waals surface area (Å²) in [5.41, 5.74) is -5.22. The van der Waals surface area contributed by atoms with Gasteiger partial charge in [0.2, 0.25) is 6.85 Å². The molecule has 0 fully saturated rings. The first-order valence-electron chi connectivity index (χ1n) is 7.83. The quantitative estimate of drug-likeness (QED) is 0.421. The maximum Gasteiger partial charge on any atom is 0.510 e. The van der Waals surface area contributed by atoms with E-state index < -0.39 is 22.4 Å². The van der Waals surface area contributed by atoms with E-state index in [1.54, 1.807) is 0 Å². The van der Waals surface area contributed by atoms with E-state index in [9.17, 15) is 21.6 Å². The summed E-state index contributed by atoms with van der Waals surface area (Å²) in [6, 6.07) is 0. The second-order valence-electron chi connectivity index (χ2n) is 5.46. The van der Waals surface area contributed by atoms with Crippen molar-refractivity contribution in [3.8, 4) is 0 Å². The molecule has 0 rings (SSSR count). The Hall–Kier alpha value is -0.235. The summed E-state index contributed by atoms with van der Waals surface area (Å²) >= 11 is 0. The van der Waals surface area contributed by atoms with Crippen LogP contribution in [0.1, 0.15) is 65.2 Å². The van der Waals surface area contributed by atoms with E-state index >= 15 is 0 Å². The Kier molecular flexibility index (Phi) is 10.4. The summed E-state index contributed by atoms with van der Waals surface area (Å²) in [4.78, 5) is 0. The van der Waals surface area contributed by atoms with Gasteiger partial charge >= 0.3 is 15.5 Å². The Bertz CT molecular complexity index is 349. The van der Waals surface area contributed by atoms with Crippen LogP contribution in [0.4, 0.5) is 13.2 Å². The van der Waals surface area contributed by atoms with Gasteiger partial charge in [0.1, 0.15) is 0 Å². The van der Waals surface area contributed by atoms with Gasteiger partial charge in [-0.3, -0.25) is 0 Å². The second kappa shape index (κ2) is 10.5. The van der Waals surface area contributed by atoms with Gasteiger partial charge in [-0.25, -0.2) is 13.1 Å². The second-order valence-corrected chi connectivity index (χ2v) is 7.17. The molecule has 0 atom stereocenters. The molecule has 0 aliphatic carbocycles. The number of rotatable bonds is 12. The molecule has 126 valence electrons. The van der Waals surface area contributed by atoms with Crippen molar-refractivity contribution < 1.29 is 21.6 Å². The van der Waals surface area contributed by atoms with Crippen molar-refractivity contribution in [2.45, 2.75) is 83.4 Å².